The summed E-state index contributed by atoms with van der Waals surface area (Å²) >= 11 is 0. The molecular formula is C55H69N11O9. The number of aromatic nitrogens is 2. The molecule has 20 heteroatoms. The van der Waals surface area contributed by atoms with E-state index in [2.05, 4.69) is 67.3 Å². The van der Waals surface area contributed by atoms with Crippen molar-refractivity contribution in [3.63, 3.8) is 0 Å². The Balaban J connectivity index is 0.000000160. The van der Waals surface area contributed by atoms with Crippen LogP contribution in [0.25, 0.3) is 10.9 Å². The van der Waals surface area contributed by atoms with E-state index < -0.39 is 41.8 Å². The standard InChI is InChI=1S/C19H24N4O2.C18H20N4O4.C14H13N3O3.2C2H6/c1-13-3-6-17(18(24)20-13)23-12-14-11-15(4-5-16(14)19(23)25)22-9-7-21(2)8-10-22;1-20-6-8-21(9-7-20)11-2-3-12-13(10-11)18(26)22(17(12)25)14-4-5-15(23)19-16(14)24;1-8-15-10-5-3-2-4-9(10)14(20)17(8)11-6-7-12(18)16-13(11)19;2*1-2/h4-5,11,17H,1,3,6-10,12H2,2H3,(H,20,24);2-3,10,14H,4-9H2,1H3,(H,19,23,24);2-5,11H,6-7H2,1H3,(H,16,18,19);2*1-2H3. The minimum atomic E-state index is -0.924. The highest BCUT2D eigenvalue weighted by Gasteiger charge is 2.45. The third-order valence-electron chi connectivity index (χ3n) is 14.3. The first-order valence-electron chi connectivity index (χ1n) is 26.0. The zero-order valence-corrected chi connectivity index (χ0v) is 44.1. The van der Waals surface area contributed by atoms with Gasteiger partial charge in [0.1, 0.15) is 23.9 Å². The van der Waals surface area contributed by atoms with Gasteiger partial charge in [0.05, 0.1) is 22.0 Å². The molecular weight excluding hydrogens is 959 g/mol. The van der Waals surface area contributed by atoms with E-state index in [1.807, 2.05) is 52.0 Å². The Kier molecular flexibility index (Phi) is 17.8. The van der Waals surface area contributed by atoms with Crippen LogP contribution in [0.1, 0.15) is 115 Å². The van der Waals surface area contributed by atoms with Crippen LogP contribution in [0.5, 0.6) is 0 Å². The van der Waals surface area contributed by atoms with E-state index in [1.165, 1.54) is 10.3 Å². The summed E-state index contributed by atoms with van der Waals surface area (Å²) < 4.78 is 1.38. The van der Waals surface area contributed by atoms with E-state index in [0.717, 1.165) is 86.2 Å². The third-order valence-corrected chi connectivity index (χ3v) is 14.3. The Morgan fingerprint density at radius 2 is 1.05 bits per heavy atom. The van der Waals surface area contributed by atoms with Crippen molar-refractivity contribution in [3.8, 4) is 0 Å². The van der Waals surface area contributed by atoms with E-state index >= 15 is 0 Å². The van der Waals surface area contributed by atoms with Crippen molar-refractivity contribution >= 4 is 69.5 Å². The van der Waals surface area contributed by atoms with Crippen LogP contribution < -0.4 is 31.3 Å². The molecule has 7 aliphatic rings. The molecule has 7 aliphatic heterocycles. The number of hydrogen-bond acceptors (Lipinski definition) is 14. The SMILES string of the molecule is C=C1CCC(N2Cc3cc(N4CCN(C)CC4)ccc3C2=O)C(=O)N1.CC.CC.CN1CCN(c2ccc3c(c2)C(=O)N(C2CCC(=O)NC2=O)C3=O)CC1.Cc1nc2ccccc2c(=O)n1C1CCC(=O)NC1=O. The topological polar surface area (TPSA) is 227 Å². The molecule has 0 saturated carbocycles. The van der Waals surface area contributed by atoms with Crippen LogP contribution in [0, 0.1) is 6.92 Å². The van der Waals surface area contributed by atoms with Crippen LogP contribution in [0.15, 0.2) is 77.7 Å². The van der Waals surface area contributed by atoms with Gasteiger partial charge < -0.3 is 29.8 Å². The Labute approximate surface area is 437 Å². The molecule has 398 valence electrons. The molecule has 0 spiro atoms. The summed E-state index contributed by atoms with van der Waals surface area (Å²) in [5.74, 6) is -2.31. The second-order valence-electron chi connectivity index (χ2n) is 19.0. The van der Waals surface area contributed by atoms with Gasteiger partial charge in [0.25, 0.3) is 23.3 Å². The Morgan fingerprint density at radius 3 is 1.63 bits per heavy atom. The summed E-state index contributed by atoms with van der Waals surface area (Å²) in [6, 6.07) is 16.4. The number of piperazine rings is 2. The number of hydrogen-bond donors (Lipinski definition) is 3. The van der Waals surface area contributed by atoms with Crippen LogP contribution in [0.3, 0.4) is 0 Å². The Hall–Kier alpha value is -7.58. The first-order chi connectivity index (χ1) is 36.1. The number of nitrogens with zero attached hydrogens (tertiary/aromatic N) is 8. The molecule has 3 aromatic carbocycles. The van der Waals surface area contributed by atoms with E-state index in [1.54, 1.807) is 42.2 Å². The van der Waals surface area contributed by atoms with Gasteiger partial charge in [0.2, 0.25) is 29.5 Å². The van der Waals surface area contributed by atoms with Gasteiger partial charge in [0.15, 0.2) is 0 Å². The Morgan fingerprint density at radius 1 is 0.547 bits per heavy atom. The molecule has 20 nitrogen and oxygen atoms in total. The van der Waals surface area contributed by atoms with Crippen molar-refractivity contribution in [2.45, 2.75) is 97.8 Å². The zero-order valence-electron chi connectivity index (χ0n) is 44.1. The largest absolute Gasteiger partial charge is 0.369 e. The summed E-state index contributed by atoms with van der Waals surface area (Å²) in [6.07, 6.45) is 2.22. The normalized spacial score (nSPS) is 21.8. The molecule has 75 heavy (non-hydrogen) atoms. The lowest BCUT2D eigenvalue weighted by Gasteiger charge is -2.34. The molecule has 5 saturated heterocycles. The highest BCUT2D eigenvalue weighted by molar-refractivity contribution is 6.23. The Bertz CT molecular complexity index is 2960. The van der Waals surface area contributed by atoms with Gasteiger partial charge in [-0.2, -0.15) is 0 Å². The fraction of sp³-hybridized carbons (Fsp3) is 0.455. The lowest BCUT2D eigenvalue weighted by atomic mass is 10.0. The van der Waals surface area contributed by atoms with Gasteiger partial charge in [0, 0.05) is 94.4 Å². The molecule has 8 heterocycles. The fourth-order valence-corrected chi connectivity index (χ4v) is 10.2. The van der Waals surface area contributed by atoms with Crippen LogP contribution in [-0.2, 0) is 30.5 Å². The molecule has 5 fully saturated rings. The van der Waals surface area contributed by atoms with Gasteiger partial charge in [-0.15, -0.1) is 0 Å². The van der Waals surface area contributed by atoms with Crippen LogP contribution >= 0.6 is 0 Å². The number of anilines is 2. The summed E-state index contributed by atoms with van der Waals surface area (Å²) in [7, 11) is 4.21. The number of likely N-dealkylation sites (N-methyl/N-ethyl adjacent to an activating group) is 2. The number of imide groups is 3. The van der Waals surface area contributed by atoms with E-state index in [9.17, 15) is 43.2 Å². The number of fused-ring (bicyclic) bond motifs is 3. The number of para-hydroxylation sites is 1. The molecule has 0 radical (unpaired) electrons. The molecule has 8 amide bonds. The molecule has 3 N–H and O–H groups in total. The first kappa shape index (κ1) is 55.2. The van der Waals surface area contributed by atoms with Crippen molar-refractivity contribution < 1.29 is 38.4 Å². The summed E-state index contributed by atoms with van der Waals surface area (Å²) in [4.78, 5) is 126. The van der Waals surface area contributed by atoms with Gasteiger partial charge in [-0.05, 0) is 101 Å². The van der Waals surface area contributed by atoms with Crippen molar-refractivity contribution in [2.24, 2.45) is 0 Å². The van der Waals surface area contributed by atoms with E-state index in [-0.39, 0.29) is 48.5 Å². The van der Waals surface area contributed by atoms with Crippen LogP contribution in [0.4, 0.5) is 11.4 Å². The maximum Gasteiger partial charge on any atom is 0.262 e. The lowest BCUT2D eigenvalue weighted by molar-refractivity contribution is -0.137. The average Bonchev–Trinajstić information content (AvgIpc) is 3.86. The minimum Gasteiger partial charge on any atom is -0.369 e. The molecule has 0 aliphatic carbocycles. The quantitative estimate of drug-likeness (QED) is 0.242. The summed E-state index contributed by atoms with van der Waals surface area (Å²) in [5.41, 5.74) is 5.58. The molecule has 3 atom stereocenters. The molecule has 4 aromatic rings. The molecule has 11 rings (SSSR count). The number of rotatable bonds is 5. The molecule has 0 bridgehead atoms. The number of aryl methyl sites for hydroxylation is 1. The number of amides is 8. The van der Waals surface area contributed by atoms with Gasteiger partial charge in [-0.3, -0.25) is 63.3 Å². The summed E-state index contributed by atoms with van der Waals surface area (Å²) in [6.45, 7) is 21.7. The second kappa shape index (κ2) is 24.2. The smallest absolute Gasteiger partial charge is 0.262 e. The van der Waals surface area contributed by atoms with Crippen molar-refractivity contribution in [1.82, 2.24) is 45.1 Å². The van der Waals surface area contributed by atoms with E-state index in [4.69, 9.17) is 0 Å². The first-order valence-corrected chi connectivity index (χ1v) is 26.0. The molecule has 3 unspecified atom stereocenters. The third kappa shape index (κ3) is 11.9. The van der Waals surface area contributed by atoms with Crippen molar-refractivity contribution in [3.05, 3.63) is 111 Å². The number of allylic oxidation sites excluding steroid dienone is 1. The van der Waals surface area contributed by atoms with Gasteiger partial charge in [-0.25, -0.2) is 4.98 Å². The predicted molar refractivity (Wildman–Crippen MR) is 284 cm³/mol. The second-order valence-corrected chi connectivity index (χ2v) is 19.0. The number of benzene rings is 3. The zero-order chi connectivity index (χ0) is 54.2. The van der Waals surface area contributed by atoms with Crippen LogP contribution in [0.2, 0.25) is 0 Å². The fourth-order valence-electron chi connectivity index (χ4n) is 10.2. The molecule has 1 aromatic heterocycles. The van der Waals surface area contributed by atoms with Crippen molar-refractivity contribution in [1.29, 1.82) is 0 Å². The lowest BCUT2D eigenvalue weighted by Crippen LogP contribution is -2.54. The maximum absolute atomic E-state index is 12.8. The highest BCUT2D eigenvalue weighted by atomic mass is 16.2. The number of carbonyl (C=O) groups is 8. The predicted octanol–water partition coefficient (Wildman–Crippen LogP) is 3.76. The van der Waals surface area contributed by atoms with Gasteiger partial charge >= 0.3 is 0 Å². The van der Waals surface area contributed by atoms with Crippen LogP contribution in [-0.4, -0.2) is 155 Å². The monoisotopic (exact) mass is 1030 g/mol. The summed E-state index contributed by atoms with van der Waals surface area (Å²) in [5, 5.41) is 7.72. The minimum absolute atomic E-state index is 0.0346. The average molecular weight is 1030 g/mol. The maximum atomic E-state index is 12.8. The number of carbonyl (C=O) groups excluding carboxylic acids is 8. The number of nitrogens with one attached hydrogen (secondary N) is 3. The number of piperidine rings is 3. The highest BCUT2D eigenvalue weighted by Crippen LogP contribution is 2.33. The van der Waals surface area contributed by atoms with E-state index in [0.29, 0.717) is 47.2 Å². The van der Waals surface area contributed by atoms with Gasteiger partial charge in [-0.1, -0.05) is 46.4 Å². The van der Waals surface area contributed by atoms with Crippen molar-refractivity contribution in [2.75, 3.05) is 76.3 Å².